The van der Waals surface area contributed by atoms with Gasteiger partial charge in [-0.1, -0.05) is 34.4 Å². The number of thiazole rings is 1. The molecule has 4 aromatic rings. The van der Waals surface area contributed by atoms with Crippen LogP contribution in [-0.4, -0.2) is 26.5 Å². The van der Waals surface area contributed by atoms with Crippen molar-refractivity contribution >= 4 is 44.8 Å². The minimum atomic E-state index is -1.32. The zero-order chi connectivity index (χ0) is 28.4. The van der Waals surface area contributed by atoms with E-state index in [-0.39, 0.29) is 41.4 Å². The first-order valence-corrected chi connectivity index (χ1v) is 14.6. The molecule has 2 aliphatic carbocycles. The molecule has 0 saturated heterocycles. The largest absolute Gasteiger partial charge is 0.382 e. The van der Waals surface area contributed by atoms with Crippen molar-refractivity contribution in [2.24, 2.45) is 11.8 Å². The van der Waals surface area contributed by atoms with Gasteiger partial charge in [-0.3, -0.25) is 0 Å². The van der Waals surface area contributed by atoms with Gasteiger partial charge in [-0.2, -0.15) is 5.26 Å². The smallest absolute Gasteiger partial charge is 0.173 e. The third-order valence-electron chi connectivity index (χ3n) is 8.13. The van der Waals surface area contributed by atoms with Crippen LogP contribution in [0.15, 0.2) is 34.9 Å². The molecule has 0 unspecified atom stereocenters. The van der Waals surface area contributed by atoms with Crippen molar-refractivity contribution in [3.8, 4) is 17.3 Å². The van der Waals surface area contributed by atoms with Gasteiger partial charge in [-0.05, 0) is 75.6 Å². The summed E-state index contributed by atoms with van der Waals surface area (Å²) in [7, 11) is 0. The molecule has 11 heteroatoms. The van der Waals surface area contributed by atoms with Crippen LogP contribution in [0.1, 0.15) is 61.4 Å². The standard InChI is InChI=1S/C29H26Cl2FN3O4S/c1-28(2,36)26-18(24(35-39-26)23-19(30)4-3-5-20(23)31)13-38-17-10-15-6-7-16(11-17)29(15,37)27-34-25-21(32)8-14(12-33)9-22(25)40-27/h3-5,8-9,15-17,36-37H,6-7,10-11,13H2,1-2H3/t15-,16+,17-,29+. The summed E-state index contributed by atoms with van der Waals surface area (Å²) in [6.07, 6.45) is 2.59. The van der Waals surface area contributed by atoms with Crippen molar-refractivity contribution in [2.45, 2.75) is 63.4 Å². The third-order valence-corrected chi connectivity index (χ3v) is 9.90. The summed E-state index contributed by atoms with van der Waals surface area (Å²) in [6.45, 7) is 3.32. The number of halogens is 3. The maximum atomic E-state index is 14.6. The molecule has 40 heavy (non-hydrogen) atoms. The Bertz CT molecular complexity index is 1620. The van der Waals surface area contributed by atoms with E-state index in [1.165, 1.54) is 17.4 Å². The van der Waals surface area contributed by atoms with Gasteiger partial charge < -0.3 is 19.5 Å². The van der Waals surface area contributed by atoms with E-state index in [0.29, 0.717) is 49.4 Å². The molecular formula is C29H26Cl2FN3O4S. The molecule has 2 aromatic carbocycles. The lowest BCUT2D eigenvalue weighted by Crippen LogP contribution is -2.44. The van der Waals surface area contributed by atoms with Crippen molar-refractivity contribution in [1.82, 2.24) is 10.1 Å². The summed E-state index contributed by atoms with van der Waals surface area (Å²) in [5.41, 5.74) is -0.622. The number of rotatable bonds is 6. The maximum Gasteiger partial charge on any atom is 0.173 e. The molecule has 2 aliphatic rings. The number of hydrogen-bond acceptors (Lipinski definition) is 8. The van der Waals surface area contributed by atoms with Crippen LogP contribution in [0.2, 0.25) is 10.0 Å². The normalized spacial score (nSPS) is 24.5. The predicted molar refractivity (Wildman–Crippen MR) is 149 cm³/mol. The van der Waals surface area contributed by atoms with Gasteiger partial charge >= 0.3 is 0 Å². The Morgan fingerprint density at radius 3 is 2.52 bits per heavy atom. The molecule has 2 heterocycles. The van der Waals surface area contributed by atoms with Crippen LogP contribution >= 0.6 is 34.5 Å². The fraction of sp³-hybridized carbons (Fsp3) is 0.414. The SMILES string of the molecule is CC(C)(O)c1onc(-c2c(Cl)cccc2Cl)c1CO[C@@H]1C[C@H]2CC[C@@H](C1)[C@]2(O)c1nc2c(F)cc(C#N)cc2s1. The Hall–Kier alpha value is -2.58. The van der Waals surface area contributed by atoms with Crippen LogP contribution in [0.4, 0.5) is 4.39 Å². The van der Waals surface area contributed by atoms with E-state index >= 15 is 0 Å². The van der Waals surface area contributed by atoms with Crippen LogP contribution in [0, 0.1) is 29.0 Å². The number of nitriles is 1. The lowest BCUT2D eigenvalue weighted by atomic mass is 9.73. The first-order valence-electron chi connectivity index (χ1n) is 13.0. The van der Waals surface area contributed by atoms with Crippen LogP contribution in [0.3, 0.4) is 0 Å². The number of benzene rings is 2. The lowest BCUT2D eigenvalue weighted by molar-refractivity contribution is -0.116. The van der Waals surface area contributed by atoms with Gasteiger partial charge in [0.25, 0.3) is 0 Å². The van der Waals surface area contributed by atoms with E-state index in [1.807, 2.05) is 6.07 Å². The molecule has 2 saturated carbocycles. The number of fused-ring (bicyclic) bond motifs is 3. The van der Waals surface area contributed by atoms with Crippen molar-refractivity contribution in [1.29, 1.82) is 5.26 Å². The van der Waals surface area contributed by atoms with Crippen molar-refractivity contribution < 1.29 is 23.9 Å². The zero-order valence-corrected chi connectivity index (χ0v) is 24.1. The Labute approximate surface area is 244 Å². The topological polar surface area (TPSA) is 112 Å². The Morgan fingerprint density at radius 2 is 1.90 bits per heavy atom. The molecule has 2 bridgehead atoms. The number of hydrogen-bond donors (Lipinski definition) is 2. The monoisotopic (exact) mass is 601 g/mol. The van der Waals surface area contributed by atoms with E-state index in [2.05, 4.69) is 10.1 Å². The van der Waals surface area contributed by atoms with Gasteiger partial charge in [-0.25, -0.2) is 9.37 Å². The van der Waals surface area contributed by atoms with Crippen molar-refractivity contribution in [3.63, 3.8) is 0 Å². The Morgan fingerprint density at radius 1 is 1.23 bits per heavy atom. The van der Waals surface area contributed by atoms with Crippen LogP contribution < -0.4 is 0 Å². The summed E-state index contributed by atoms with van der Waals surface area (Å²) < 4.78 is 27.1. The molecule has 0 radical (unpaired) electrons. The van der Waals surface area contributed by atoms with E-state index in [9.17, 15) is 19.9 Å². The first-order chi connectivity index (χ1) is 19.0. The van der Waals surface area contributed by atoms with Crippen molar-refractivity contribution in [2.75, 3.05) is 0 Å². The number of ether oxygens (including phenoxy) is 1. The van der Waals surface area contributed by atoms with E-state index < -0.39 is 17.0 Å². The second kappa shape index (κ2) is 10.1. The fourth-order valence-corrected chi connectivity index (χ4v) is 8.10. The summed E-state index contributed by atoms with van der Waals surface area (Å²) in [5, 5.41) is 37.4. The van der Waals surface area contributed by atoms with E-state index in [1.54, 1.807) is 38.1 Å². The van der Waals surface area contributed by atoms with Gasteiger partial charge in [0, 0.05) is 5.56 Å². The summed E-state index contributed by atoms with van der Waals surface area (Å²) in [5.74, 6) is -0.537. The average molecular weight is 603 g/mol. The van der Waals surface area contributed by atoms with Crippen LogP contribution in [-0.2, 0) is 22.5 Å². The van der Waals surface area contributed by atoms with Crippen molar-refractivity contribution in [3.05, 3.63) is 68.1 Å². The number of aromatic nitrogens is 2. The Balaban J connectivity index is 1.26. The molecular weight excluding hydrogens is 576 g/mol. The average Bonchev–Trinajstić information content (AvgIpc) is 3.55. The molecule has 6 rings (SSSR count). The maximum absolute atomic E-state index is 14.6. The predicted octanol–water partition coefficient (Wildman–Crippen LogP) is 7.09. The molecule has 0 spiro atoms. The van der Waals surface area contributed by atoms with E-state index in [0.717, 1.165) is 12.8 Å². The summed E-state index contributed by atoms with van der Waals surface area (Å²) in [6, 6.07) is 9.91. The molecule has 2 aromatic heterocycles. The van der Waals surface area contributed by atoms with Gasteiger partial charge in [0.2, 0.25) is 0 Å². The molecule has 2 N–H and O–H groups in total. The van der Waals surface area contributed by atoms with Gasteiger partial charge in [0.15, 0.2) is 11.6 Å². The quantitative estimate of drug-likeness (QED) is 0.242. The second-order valence-corrected chi connectivity index (χ2v) is 13.0. The minimum Gasteiger partial charge on any atom is -0.382 e. The highest BCUT2D eigenvalue weighted by atomic mass is 35.5. The Kier molecular flexibility index (Phi) is 6.93. The highest BCUT2D eigenvalue weighted by Gasteiger charge is 2.56. The first kappa shape index (κ1) is 27.6. The van der Waals surface area contributed by atoms with Gasteiger partial charge in [0.05, 0.1) is 44.7 Å². The fourth-order valence-electron chi connectivity index (χ4n) is 6.26. The van der Waals surface area contributed by atoms with Crippen LogP contribution in [0.5, 0.6) is 0 Å². The highest BCUT2D eigenvalue weighted by molar-refractivity contribution is 7.18. The summed E-state index contributed by atoms with van der Waals surface area (Å²) >= 11 is 14.2. The number of nitrogens with zero attached hydrogens (tertiary/aromatic N) is 3. The summed E-state index contributed by atoms with van der Waals surface area (Å²) in [4.78, 5) is 4.51. The third kappa shape index (κ3) is 4.51. The lowest BCUT2D eigenvalue weighted by Gasteiger charge is -2.41. The zero-order valence-electron chi connectivity index (χ0n) is 21.7. The molecule has 4 atom stereocenters. The molecule has 7 nitrogen and oxygen atoms in total. The highest BCUT2D eigenvalue weighted by Crippen LogP contribution is 2.57. The molecule has 0 aliphatic heterocycles. The minimum absolute atomic E-state index is 0.103. The second-order valence-electron chi connectivity index (χ2n) is 11.1. The molecule has 208 valence electrons. The van der Waals surface area contributed by atoms with E-state index in [4.69, 9.17) is 32.5 Å². The number of aliphatic hydroxyl groups is 2. The van der Waals surface area contributed by atoms with Gasteiger partial charge in [-0.15, -0.1) is 11.3 Å². The van der Waals surface area contributed by atoms with Gasteiger partial charge in [0.1, 0.15) is 27.4 Å². The molecule has 0 amide bonds. The molecule has 2 fully saturated rings. The van der Waals surface area contributed by atoms with Crippen LogP contribution in [0.25, 0.3) is 21.5 Å².